The molecule has 1 aliphatic rings. The van der Waals surface area contributed by atoms with Crippen LogP contribution in [0.3, 0.4) is 0 Å². The van der Waals surface area contributed by atoms with Crippen LogP contribution in [-0.4, -0.2) is 38.9 Å². The zero-order valence-corrected chi connectivity index (χ0v) is 14.3. The minimum absolute atomic E-state index is 0.0261. The fourth-order valence-electron chi connectivity index (χ4n) is 3.35. The highest BCUT2D eigenvalue weighted by Gasteiger charge is 2.21. The molecule has 25 heavy (non-hydrogen) atoms. The van der Waals surface area contributed by atoms with E-state index in [4.69, 9.17) is 0 Å². The van der Waals surface area contributed by atoms with Gasteiger partial charge in [-0.1, -0.05) is 12.1 Å². The first-order valence-electron chi connectivity index (χ1n) is 8.63. The largest absolute Gasteiger partial charge is 0.352 e. The van der Waals surface area contributed by atoms with Gasteiger partial charge in [-0.25, -0.2) is 4.98 Å². The molecule has 130 valence electrons. The van der Waals surface area contributed by atoms with Crippen molar-refractivity contribution in [1.29, 1.82) is 0 Å². The molecule has 0 saturated carbocycles. The molecule has 0 radical (unpaired) electrons. The van der Waals surface area contributed by atoms with E-state index in [1.807, 2.05) is 6.20 Å². The van der Waals surface area contributed by atoms with E-state index in [0.717, 1.165) is 43.4 Å². The van der Waals surface area contributed by atoms with E-state index < -0.39 is 0 Å². The van der Waals surface area contributed by atoms with E-state index in [1.54, 1.807) is 24.0 Å². The molecule has 1 aliphatic heterocycles. The normalized spacial score (nSPS) is 15.8. The summed E-state index contributed by atoms with van der Waals surface area (Å²) in [5.41, 5.74) is 2.29. The standard InChI is InChI=1S/C18H22N6O/c1-23-9-6-19-17(18(23)25)24-7-4-15(5-8-24)20-11-13-2-3-14-12-21-22-16(14)10-13/h2-3,6,9-10,12,15,20H,4-5,7-8,11H2,1H3,(H,21,22). The summed E-state index contributed by atoms with van der Waals surface area (Å²) in [5.74, 6) is 0.563. The number of aryl methyl sites for hydroxylation is 1. The molecule has 2 N–H and O–H groups in total. The number of H-pyrrole nitrogens is 1. The van der Waals surface area contributed by atoms with Crippen molar-refractivity contribution in [2.75, 3.05) is 18.0 Å². The van der Waals surface area contributed by atoms with Gasteiger partial charge in [0.1, 0.15) is 0 Å². The second-order valence-corrected chi connectivity index (χ2v) is 6.60. The molecule has 4 rings (SSSR count). The van der Waals surface area contributed by atoms with Crippen LogP contribution < -0.4 is 15.8 Å². The molecule has 0 atom stereocenters. The molecule has 7 nitrogen and oxygen atoms in total. The van der Waals surface area contributed by atoms with E-state index in [-0.39, 0.29) is 5.56 Å². The molecule has 0 bridgehead atoms. The molecule has 3 heterocycles. The Kier molecular flexibility index (Phi) is 4.23. The van der Waals surface area contributed by atoms with Gasteiger partial charge in [-0.3, -0.25) is 9.89 Å². The van der Waals surface area contributed by atoms with Crippen LogP contribution in [-0.2, 0) is 13.6 Å². The summed E-state index contributed by atoms with van der Waals surface area (Å²) in [5, 5.41) is 11.8. The Labute approximate surface area is 145 Å². The van der Waals surface area contributed by atoms with Gasteiger partial charge in [-0.15, -0.1) is 0 Å². The van der Waals surface area contributed by atoms with E-state index >= 15 is 0 Å². The molecule has 0 unspecified atom stereocenters. The van der Waals surface area contributed by atoms with Gasteiger partial charge in [0.2, 0.25) is 0 Å². The summed E-state index contributed by atoms with van der Waals surface area (Å²) in [6.07, 6.45) is 7.23. The number of anilines is 1. The van der Waals surface area contributed by atoms with Crippen LogP contribution in [0.2, 0.25) is 0 Å². The van der Waals surface area contributed by atoms with Crippen molar-refractivity contribution in [3.8, 4) is 0 Å². The first-order valence-corrected chi connectivity index (χ1v) is 8.63. The number of rotatable bonds is 4. The maximum atomic E-state index is 12.2. The lowest BCUT2D eigenvalue weighted by Gasteiger charge is -2.32. The number of aromatic nitrogens is 4. The second-order valence-electron chi connectivity index (χ2n) is 6.60. The SMILES string of the molecule is Cn1ccnc(N2CCC(NCc3ccc4cn[nH]c4c3)CC2)c1=O. The molecule has 1 saturated heterocycles. The van der Waals surface area contributed by atoms with Crippen LogP contribution >= 0.6 is 0 Å². The minimum Gasteiger partial charge on any atom is -0.352 e. The summed E-state index contributed by atoms with van der Waals surface area (Å²) in [6, 6.07) is 6.83. The van der Waals surface area contributed by atoms with Crippen molar-refractivity contribution < 1.29 is 0 Å². The van der Waals surface area contributed by atoms with Gasteiger partial charge >= 0.3 is 0 Å². The molecule has 3 aromatic rings. The van der Waals surface area contributed by atoms with E-state index in [1.165, 1.54) is 5.56 Å². The molecule has 7 heteroatoms. The molecule has 1 fully saturated rings. The predicted molar refractivity (Wildman–Crippen MR) is 97.6 cm³/mol. The summed E-state index contributed by atoms with van der Waals surface area (Å²) < 4.78 is 1.58. The highest BCUT2D eigenvalue weighted by molar-refractivity contribution is 5.78. The third kappa shape index (κ3) is 3.28. The summed E-state index contributed by atoms with van der Waals surface area (Å²) in [4.78, 5) is 18.5. The molecular formula is C18H22N6O. The number of benzene rings is 1. The molecule has 2 aromatic heterocycles. The Morgan fingerprint density at radius 3 is 3.00 bits per heavy atom. The minimum atomic E-state index is -0.0261. The number of hydrogen-bond donors (Lipinski definition) is 2. The number of aromatic amines is 1. The van der Waals surface area contributed by atoms with E-state index in [9.17, 15) is 4.79 Å². The topological polar surface area (TPSA) is 78.8 Å². The average Bonchev–Trinajstić information content (AvgIpc) is 3.11. The Bertz CT molecular complexity index is 922. The Hall–Kier alpha value is -2.67. The van der Waals surface area contributed by atoms with Crippen molar-refractivity contribution >= 4 is 16.7 Å². The maximum absolute atomic E-state index is 12.2. The fraction of sp³-hybridized carbons (Fsp3) is 0.389. The lowest BCUT2D eigenvalue weighted by molar-refractivity contribution is 0.412. The first-order chi connectivity index (χ1) is 12.2. The van der Waals surface area contributed by atoms with Crippen LogP contribution in [0.1, 0.15) is 18.4 Å². The van der Waals surface area contributed by atoms with Crippen LogP contribution in [0.5, 0.6) is 0 Å². The monoisotopic (exact) mass is 338 g/mol. The van der Waals surface area contributed by atoms with Gasteiger partial charge in [0.05, 0.1) is 11.7 Å². The van der Waals surface area contributed by atoms with Gasteiger partial charge in [0, 0.05) is 50.5 Å². The van der Waals surface area contributed by atoms with Crippen LogP contribution in [0, 0.1) is 0 Å². The molecule has 0 aliphatic carbocycles. The summed E-state index contributed by atoms with van der Waals surface area (Å²) in [6.45, 7) is 2.54. The van der Waals surface area contributed by atoms with Crippen LogP contribution in [0.4, 0.5) is 5.82 Å². The van der Waals surface area contributed by atoms with Gasteiger partial charge in [-0.2, -0.15) is 5.10 Å². The van der Waals surface area contributed by atoms with Gasteiger partial charge in [-0.05, 0) is 24.5 Å². The fourth-order valence-corrected chi connectivity index (χ4v) is 3.35. The van der Waals surface area contributed by atoms with Crippen molar-refractivity contribution in [2.24, 2.45) is 7.05 Å². The Morgan fingerprint density at radius 1 is 1.32 bits per heavy atom. The molecular weight excluding hydrogens is 316 g/mol. The average molecular weight is 338 g/mol. The van der Waals surface area contributed by atoms with Crippen molar-refractivity contribution in [2.45, 2.75) is 25.4 Å². The predicted octanol–water partition coefficient (Wildman–Crippen LogP) is 1.42. The van der Waals surface area contributed by atoms with Crippen molar-refractivity contribution in [1.82, 2.24) is 25.1 Å². The summed E-state index contributed by atoms with van der Waals surface area (Å²) in [7, 11) is 1.76. The molecule has 0 spiro atoms. The Morgan fingerprint density at radius 2 is 2.16 bits per heavy atom. The van der Waals surface area contributed by atoms with E-state index in [2.05, 4.69) is 43.6 Å². The smallest absolute Gasteiger partial charge is 0.293 e. The number of hydrogen-bond acceptors (Lipinski definition) is 5. The quantitative estimate of drug-likeness (QED) is 0.752. The van der Waals surface area contributed by atoms with Crippen LogP contribution in [0.15, 0.2) is 41.6 Å². The number of nitrogens with zero attached hydrogens (tertiary/aromatic N) is 4. The number of nitrogens with one attached hydrogen (secondary N) is 2. The third-order valence-corrected chi connectivity index (χ3v) is 4.89. The highest BCUT2D eigenvalue weighted by Crippen LogP contribution is 2.16. The lowest BCUT2D eigenvalue weighted by atomic mass is 10.0. The zero-order valence-electron chi connectivity index (χ0n) is 14.3. The number of piperidine rings is 1. The zero-order chi connectivity index (χ0) is 17.2. The lowest BCUT2D eigenvalue weighted by Crippen LogP contribution is -2.44. The maximum Gasteiger partial charge on any atom is 0.293 e. The van der Waals surface area contributed by atoms with E-state index in [0.29, 0.717) is 11.9 Å². The Balaban J connectivity index is 1.34. The molecule has 1 aromatic carbocycles. The number of fused-ring (bicyclic) bond motifs is 1. The van der Waals surface area contributed by atoms with Crippen molar-refractivity contribution in [3.05, 3.63) is 52.7 Å². The van der Waals surface area contributed by atoms with Gasteiger partial charge < -0.3 is 14.8 Å². The highest BCUT2D eigenvalue weighted by atomic mass is 16.1. The van der Waals surface area contributed by atoms with Gasteiger partial charge in [0.25, 0.3) is 5.56 Å². The third-order valence-electron chi connectivity index (χ3n) is 4.89. The van der Waals surface area contributed by atoms with Gasteiger partial charge in [0.15, 0.2) is 5.82 Å². The molecule has 0 amide bonds. The van der Waals surface area contributed by atoms with Crippen molar-refractivity contribution in [3.63, 3.8) is 0 Å². The second kappa shape index (κ2) is 6.68. The summed E-state index contributed by atoms with van der Waals surface area (Å²) >= 11 is 0. The van der Waals surface area contributed by atoms with Crippen LogP contribution in [0.25, 0.3) is 10.9 Å². The first kappa shape index (κ1) is 15.8.